The highest BCUT2D eigenvalue weighted by atomic mass is 19.1. The van der Waals surface area contributed by atoms with Crippen molar-refractivity contribution in [3.63, 3.8) is 0 Å². The van der Waals surface area contributed by atoms with Crippen molar-refractivity contribution in [2.45, 2.75) is 25.4 Å². The van der Waals surface area contributed by atoms with Gasteiger partial charge in [0, 0.05) is 42.5 Å². The summed E-state index contributed by atoms with van der Waals surface area (Å²) >= 11 is 0. The second-order valence-electron chi connectivity index (χ2n) is 6.69. The van der Waals surface area contributed by atoms with Crippen LogP contribution in [0.1, 0.15) is 28.8 Å². The highest BCUT2D eigenvalue weighted by Crippen LogP contribution is 2.30. The van der Waals surface area contributed by atoms with Crippen molar-refractivity contribution >= 4 is 17.6 Å². The summed E-state index contributed by atoms with van der Waals surface area (Å²) in [4.78, 5) is 28.1. The van der Waals surface area contributed by atoms with Crippen LogP contribution >= 0.6 is 0 Å². The monoisotopic (exact) mass is 353 g/mol. The van der Waals surface area contributed by atoms with Gasteiger partial charge in [-0.3, -0.25) is 9.69 Å². The summed E-state index contributed by atoms with van der Waals surface area (Å²) in [6.45, 7) is 1.51. The summed E-state index contributed by atoms with van der Waals surface area (Å²) in [6.07, 6.45) is 1.90. The third-order valence-corrected chi connectivity index (χ3v) is 4.83. The van der Waals surface area contributed by atoms with Crippen LogP contribution in [-0.2, 0) is 6.54 Å². The standard InChI is InChI=1S/C20H20FN3O2/c21-18-4-2-1-3-15(18)13-24(17-9-10-17)19(25)14-5-7-16(8-6-14)23-12-11-22-20(23)26/h1-8,17H,9-13H2,(H,22,26). The van der Waals surface area contributed by atoms with Gasteiger partial charge in [0.1, 0.15) is 5.82 Å². The van der Waals surface area contributed by atoms with Gasteiger partial charge in [-0.1, -0.05) is 18.2 Å². The van der Waals surface area contributed by atoms with Gasteiger partial charge < -0.3 is 10.2 Å². The molecule has 2 aromatic carbocycles. The van der Waals surface area contributed by atoms with E-state index < -0.39 is 0 Å². The second-order valence-corrected chi connectivity index (χ2v) is 6.69. The van der Waals surface area contributed by atoms with E-state index in [0.29, 0.717) is 24.2 Å². The van der Waals surface area contributed by atoms with Gasteiger partial charge in [-0.15, -0.1) is 0 Å². The van der Waals surface area contributed by atoms with Crippen LogP contribution in [0.15, 0.2) is 48.5 Å². The molecule has 0 spiro atoms. The number of hydrogen-bond donors (Lipinski definition) is 1. The van der Waals surface area contributed by atoms with Gasteiger partial charge in [-0.25, -0.2) is 9.18 Å². The Hall–Kier alpha value is -2.89. The van der Waals surface area contributed by atoms with Crippen LogP contribution in [-0.4, -0.2) is 36.0 Å². The summed E-state index contributed by atoms with van der Waals surface area (Å²) < 4.78 is 14.0. The topological polar surface area (TPSA) is 52.7 Å². The molecule has 1 aliphatic heterocycles. The number of nitrogens with one attached hydrogen (secondary N) is 1. The maximum absolute atomic E-state index is 14.0. The van der Waals surface area contributed by atoms with Crippen molar-refractivity contribution in [3.05, 3.63) is 65.5 Å². The van der Waals surface area contributed by atoms with Crippen LogP contribution in [0.2, 0.25) is 0 Å². The minimum absolute atomic E-state index is 0.104. The van der Waals surface area contributed by atoms with E-state index in [0.717, 1.165) is 18.5 Å². The Labute approximate surface area is 151 Å². The largest absolute Gasteiger partial charge is 0.336 e. The number of hydrogen-bond acceptors (Lipinski definition) is 2. The number of carbonyl (C=O) groups excluding carboxylic acids is 2. The lowest BCUT2D eigenvalue weighted by atomic mass is 10.1. The fourth-order valence-corrected chi connectivity index (χ4v) is 3.23. The minimum atomic E-state index is -0.290. The van der Waals surface area contributed by atoms with Crippen LogP contribution in [0.3, 0.4) is 0 Å². The van der Waals surface area contributed by atoms with E-state index in [-0.39, 0.29) is 30.3 Å². The predicted molar refractivity (Wildman–Crippen MR) is 96.5 cm³/mol. The Kier molecular flexibility index (Phi) is 4.32. The zero-order valence-electron chi connectivity index (χ0n) is 14.3. The van der Waals surface area contributed by atoms with E-state index in [1.165, 1.54) is 6.07 Å². The molecular weight excluding hydrogens is 333 g/mol. The molecule has 0 radical (unpaired) electrons. The van der Waals surface area contributed by atoms with Crippen LogP contribution in [0.25, 0.3) is 0 Å². The van der Waals surface area contributed by atoms with Crippen LogP contribution in [0.5, 0.6) is 0 Å². The van der Waals surface area contributed by atoms with E-state index in [1.807, 2.05) is 0 Å². The molecule has 1 N–H and O–H groups in total. The average Bonchev–Trinajstić information content (AvgIpc) is 3.41. The van der Waals surface area contributed by atoms with E-state index >= 15 is 0 Å². The maximum Gasteiger partial charge on any atom is 0.321 e. The molecule has 3 amide bonds. The van der Waals surface area contributed by atoms with Crippen molar-refractivity contribution in [2.75, 3.05) is 18.0 Å². The van der Waals surface area contributed by atoms with Gasteiger partial charge >= 0.3 is 6.03 Å². The molecule has 5 nitrogen and oxygen atoms in total. The second kappa shape index (κ2) is 6.78. The molecule has 26 heavy (non-hydrogen) atoms. The third kappa shape index (κ3) is 3.27. The van der Waals surface area contributed by atoms with Crippen LogP contribution in [0, 0.1) is 5.82 Å². The van der Waals surface area contributed by atoms with Crippen molar-refractivity contribution in [2.24, 2.45) is 0 Å². The Balaban J connectivity index is 1.53. The Morgan fingerprint density at radius 1 is 1.15 bits per heavy atom. The van der Waals surface area contributed by atoms with Gasteiger partial charge in [-0.2, -0.15) is 0 Å². The molecule has 1 saturated heterocycles. The number of rotatable bonds is 5. The minimum Gasteiger partial charge on any atom is -0.336 e. The molecule has 0 aromatic heterocycles. The quantitative estimate of drug-likeness (QED) is 0.898. The number of carbonyl (C=O) groups is 2. The predicted octanol–water partition coefficient (Wildman–Crippen LogP) is 3.16. The fraction of sp³-hybridized carbons (Fsp3) is 0.300. The summed E-state index contributed by atoms with van der Waals surface area (Å²) in [7, 11) is 0. The molecule has 2 fully saturated rings. The van der Waals surface area contributed by atoms with Gasteiger partial charge in [-0.05, 0) is 43.2 Å². The Morgan fingerprint density at radius 2 is 1.88 bits per heavy atom. The zero-order chi connectivity index (χ0) is 18.1. The first-order valence-corrected chi connectivity index (χ1v) is 8.83. The summed E-state index contributed by atoms with van der Waals surface area (Å²) in [5.74, 6) is -0.394. The Bertz CT molecular complexity index is 833. The smallest absolute Gasteiger partial charge is 0.321 e. The van der Waals surface area contributed by atoms with Gasteiger partial charge in [0.15, 0.2) is 0 Å². The molecule has 4 rings (SSSR count). The highest BCUT2D eigenvalue weighted by molar-refractivity contribution is 5.97. The Morgan fingerprint density at radius 3 is 2.50 bits per heavy atom. The molecule has 0 bridgehead atoms. The van der Waals surface area contributed by atoms with Gasteiger partial charge in [0.05, 0.1) is 0 Å². The average molecular weight is 353 g/mol. The summed E-state index contributed by atoms with van der Waals surface area (Å²) in [6, 6.07) is 13.7. The summed E-state index contributed by atoms with van der Waals surface area (Å²) in [5.41, 5.74) is 1.85. The number of urea groups is 1. The highest BCUT2D eigenvalue weighted by Gasteiger charge is 2.33. The normalized spacial score (nSPS) is 16.5. The lowest BCUT2D eigenvalue weighted by Gasteiger charge is -2.23. The number of halogens is 1. The number of amides is 3. The maximum atomic E-state index is 14.0. The van der Waals surface area contributed by atoms with Crippen molar-refractivity contribution in [1.82, 2.24) is 10.2 Å². The lowest BCUT2D eigenvalue weighted by Crippen LogP contribution is -2.33. The number of anilines is 1. The third-order valence-electron chi connectivity index (χ3n) is 4.83. The lowest BCUT2D eigenvalue weighted by molar-refractivity contribution is 0.0728. The van der Waals surface area contributed by atoms with Gasteiger partial charge in [0.25, 0.3) is 5.91 Å². The molecular formula is C20H20FN3O2. The molecule has 134 valence electrons. The molecule has 0 unspecified atom stereocenters. The molecule has 1 saturated carbocycles. The summed E-state index contributed by atoms with van der Waals surface area (Å²) in [5, 5.41) is 2.76. The first-order chi connectivity index (χ1) is 12.6. The zero-order valence-corrected chi connectivity index (χ0v) is 14.3. The van der Waals surface area contributed by atoms with E-state index in [1.54, 1.807) is 52.3 Å². The SMILES string of the molecule is O=C1NCCN1c1ccc(C(=O)N(Cc2ccccc2F)C2CC2)cc1. The first-order valence-electron chi connectivity index (χ1n) is 8.83. The molecule has 6 heteroatoms. The van der Waals surface area contributed by atoms with E-state index in [4.69, 9.17) is 0 Å². The molecule has 2 aliphatic rings. The first kappa shape index (κ1) is 16.6. The fourth-order valence-electron chi connectivity index (χ4n) is 3.23. The molecule has 0 atom stereocenters. The van der Waals surface area contributed by atoms with Crippen LogP contribution in [0.4, 0.5) is 14.9 Å². The number of nitrogens with zero attached hydrogens (tertiary/aromatic N) is 2. The molecule has 1 heterocycles. The van der Waals surface area contributed by atoms with Crippen molar-refractivity contribution < 1.29 is 14.0 Å². The van der Waals surface area contributed by atoms with Crippen molar-refractivity contribution in [1.29, 1.82) is 0 Å². The van der Waals surface area contributed by atoms with E-state index in [2.05, 4.69) is 5.32 Å². The molecule has 2 aromatic rings. The molecule has 1 aliphatic carbocycles. The van der Waals surface area contributed by atoms with Crippen LogP contribution < -0.4 is 10.2 Å². The van der Waals surface area contributed by atoms with Crippen molar-refractivity contribution in [3.8, 4) is 0 Å². The van der Waals surface area contributed by atoms with E-state index in [9.17, 15) is 14.0 Å². The number of benzene rings is 2. The van der Waals surface area contributed by atoms with Gasteiger partial charge in [0.2, 0.25) is 0 Å².